The van der Waals surface area contributed by atoms with Crippen molar-refractivity contribution in [1.82, 2.24) is 10.3 Å². The van der Waals surface area contributed by atoms with Crippen LogP contribution in [0, 0.1) is 0 Å². The predicted octanol–water partition coefficient (Wildman–Crippen LogP) is 1.71. The van der Waals surface area contributed by atoms with E-state index in [9.17, 15) is 0 Å². The second kappa shape index (κ2) is 7.72. The van der Waals surface area contributed by atoms with E-state index >= 15 is 0 Å². The van der Waals surface area contributed by atoms with Crippen LogP contribution in [0.3, 0.4) is 0 Å². The quantitative estimate of drug-likeness (QED) is 0.831. The highest BCUT2D eigenvalue weighted by Gasteiger charge is 2.24. The van der Waals surface area contributed by atoms with Gasteiger partial charge < -0.3 is 15.8 Å². The van der Waals surface area contributed by atoms with Crippen LogP contribution < -0.4 is 11.1 Å². The topological polar surface area (TPSA) is 60.2 Å². The predicted molar refractivity (Wildman–Crippen MR) is 81.5 cm³/mol. The molecule has 5 heteroatoms. The number of rotatable bonds is 6. The maximum atomic E-state index is 5.91. The number of aromatic nitrogens is 1. The van der Waals surface area contributed by atoms with E-state index in [-0.39, 0.29) is 0 Å². The lowest BCUT2D eigenvalue weighted by Gasteiger charge is -2.31. The van der Waals surface area contributed by atoms with Crippen molar-refractivity contribution in [1.29, 1.82) is 0 Å². The Morgan fingerprint density at radius 3 is 3.21 bits per heavy atom. The van der Waals surface area contributed by atoms with Crippen molar-refractivity contribution in [2.45, 2.75) is 31.9 Å². The van der Waals surface area contributed by atoms with Crippen molar-refractivity contribution in [3.05, 3.63) is 23.9 Å². The third kappa shape index (κ3) is 4.67. The molecule has 1 saturated heterocycles. The summed E-state index contributed by atoms with van der Waals surface area (Å²) in [5.74, 6) is 2.77. The number of thioether (sulfide) groups is 1. The molecule has 19 heavy (non-hydrogen) atoms. The number of ether oxygens (including phenoxy) is 1. The molecule has 0 aliphatic carbocycles. The molecule has 1 aliphatic heterocycles. The van der Waals surface area contributed by atoms with E-state index in [1.807, 2.05) is 23.9 Å². The third-order valence-corrected chi connectivity index (χ3v) is 4.27. The minimum absolute atomic E-state index is 0.291. The Labute approximate surface area is 119 Å². The minimum Gasteiger partial charge on any atom is -0.384 e. The van der Waals surface area contributed by atoms with E-state index in [0.717, 1.165) is 37.5 Å². The van der Waals surface area contributed by atoms with Gasteiger partial charge in [-0.15, -0.1) is 0 Å². The number of hydrogen-bond donors (Lipinski definition) is 2. The number of anilines is 1. The van der Waals surface area contributed by atoms with Crippen LogP contribution in [0.4, 0.5) is 5.82 Å². The fraction of sp³-hybridized carbons (Fsp3) is 0.643. The first kappa shape index (κ1) is 14.6. The normalized spacial score (nSPS) is 21.2. The highest BCUT2D eigenvalue weighted by atomic mass is 32.2. The first-order valence-electron chi connectivity index (χ1n) is 6.92. The maximum absolute atomic E-state index is 5.91. The highest BCUT2D eigenvalue weighted by molar-refractivity contribution is 7.99. The third-order valence-electron chi connectivity index (χ3n) is 3.25. The van der Waals surface area contributed by atoms with E-state index in [1.54, 1.807) is 6.20 Å². The lowest BCUT2D eigenvalue weighted by molar-refractivity contribution is 0.0472. The summed E-state index contributed by atoms with van der Waals surface area (Å²) in [6.45, 7) is 4.07. The van der Waals surface area contributed by atoms with Gasteiger partial charge in [-0.05, 0) is 37.1 Å². The van der Waals surface area contributed by atoms with Crippen LogP contribution in [0.2, 0.25) is 0 Å². The van der Waals surface area contributed by atoms with Gasteiger partial charge in [0.05, 0.1) is 12.7 Å². The van der Waals surface area contributed by atoms with Gasteiger partial charge in [0.15, 0.2) is 0 Å². The van der Waals surface area contributed by atoms with Crippen molar-refractivity contribution in [3.8, 4) is 0 Å². The SMILES string of the molecule is CCCNC(Cc1ccnc(N)c1)C1CSCCO1. The van der Waals surface area contributed by atoms with Crippen molar-refractivity contribution in [3.63, 3.8) is 0 Å². The van der Waals surface area contributed by atoms with Crippen molar-refractivity contribution in [2.75, 3.05) is 30.4 Å². The molecule has 1 aromatic rings. The Morgan fingerprint density at radius 1 is 1.63 bits per heavy atom. The van der Waals surface area contributed by atoms with Gasteiger partial charge in [0.2, 0.25) is 0 Å². The van der Waals surface area contributed by atoms with E-state index < -0.39 is 0 Å². The van der Waals surface area contributed by atoms with E-state index in [4.69, 9.17) is 10.5 Å². The zero-order valence-corrected chi connectivity index (χ0v) is 12.3. The fourth-order valence-corrected chi connectivity index (χ4v) is 3.22. The zero-order chi connectivity index (χ0) is 13.5. The Bertz CT molecular complexity index is 383. The van der Waals surface area contributed by atoms with Crippen LogP contribution in [-0.2, 0) is 11.2 Å². The summed E-state index contributed by atoms with van der Waals surface area (Å²) in [7, 11) is 0. The zero-order valence-electron chi connectivity index (χ0n) is 11.5. The summed E-state index contributed by atoms with van der Waals surface area (Å²) >= 11 is 1.98. The summed E-state index contributed by atoms with van der Waals surface area (Å²) in [6, 6.07) is 4.35. The van der Waals surface area contributed by atoms with Crippen LogP contribution in [0.25, 0.3) is 0 Å². The molecule has 2 rings (SSSR count). The van der Waals surface area contributed by atoms with Crippen LogP contribution in [-0.4, -0.2) is 41.8 Å². The van der Waals surface area contributed by atoms with Gasteiger partial charge in [-0.2, -0.15) is 11.8 Å². The van der Waals surface area contributed by atoms with Gasteiger partial charge in [-0.25, -0.2) is 4.98 Å². The molecular formula is C14H23N3OS. The fourth-order valence-electron chi connectivity index (χ4n) is 2.28. The first-order chi connectivity index (χ1) is 9.29. The van der Waals surface area contributed by atoms with Gasteiger partial charge in [0.25, 0.3) is 0 Å². The van der Waals surface area contributed by atoms with Gasteiger partial charge in [0, 0.05) is 23.7 Å². The van der Waals surface area contributed by atoms with E-state index in [0.29, 0.717) is 18.0 Å². The number of pyridine rings is 1. The second-order valence-corrected chi connectivity index (χ2v) is 5.99. The number of hydrogen-bond acceptors (Lipinski definition) is 5. The molecule has 106 valence electrons. The standard InChI is InChI=1S/C14H23N3OS/c1-2-4-16-12(13-10-19-7-6-18-13)8-11-3-5-17-14(15)9-11/h3,5,9,12-13,16H,2,4,6-8,10H2,1H3,(H2,15,17). The average molecular weight is 281 g/mol. The number of nitrogens with one attached hydrogen (secondary N) is 1. The minimum atomic E-state index is 0.291. The molecule has 3 N–H and O–H groups in total. The average Bonchev–Trinajstić information content (AvgIpc) is 2.44. The Morgan fingerprint density at radius 2 is 2.53 bits per heavy atom. The highest BCUT2D eigenvalue weighted by Crippen LogP contribution is 2.18. The molecule has 0 amide bonds. The molecule has 2 unspecified atom stereocenters. The Balaban J connectivity index is 1.99. The molecule has 1 aromatic heterocycles. The van der Waals surface area contributed by atoms with Crippen LogP contribution >= 0.6 is 11.8 Å². The molecule has 1 fully saturated rings. The largest absolute Gasteiger partial charge is 0.384 e. The van der Waals surface area contributed by atoms with E-state index in [1.165, 1.54) is 5.56 Å². The Hall–Kier alpha value is -0.780. The molecule has 0 spiro atoms. The molecule has 2 atom stereocenters. The molecule has 0 bridgehead atoms. The smallest absolute Gasteiger partial charge is 0.123 e. The van der Waals surface area contributed by atoms with Crippen LogP contribution in [0.15, 0.2) is 18.3 Å². The summed E-state index contributed by atoms with van der Waals surface area (Å²) < 4.78 is 5.91. The Kier molecular flexibility index (Phi) is 5.94. The van der Waals surface area contributed by atoms with Gasteiger partial charge in [0.1, 0.15) is 5.82 Å². The molecular weight excluding hydrogens is 258 g/mol. The van der Waals surface area contributed by atoms with Gasteiger partial charge >= 0.3 is 0 Å². The summed E-state index contributed by atoms with van der Waals surface area (Å²) in [5.41, 5.74) is 6.97. The van der Waals surface area contributed by atoms with Gasteiger partial charge in [-0.1, -0.05) is 6.92 Å². The summed E-state index contributed by atoms with van der Waals surface area (Å²) in [6.07, 6.45) is 4.14. The lowest BCUT2D eigenvalue weighted by atomic mass is 10.0. The monoisotopic (exact) mass is 281 g/mol. The lowest BCUT2D eigenvalue weighted by Crippen LogP contribution is -2.46. The van der Waals surface area contributed by atoms with Crippen LogP contribution in [0.1, 0.15) is 18.9 Å². The van der Waals surface area contributed by atoms with E-state index in [2.05, 4.69) is 17.2 Å². The summed E-state index contributed by atoms with van der Waals surface area (Å²) in [5, 5.41) is 3.61. The van der Waals surface area contributed by atoms with Gasteiger partial charge in [-0.3, -0.25) is 0 Å². The van der Waals surface area contributed by atoms with Crippen molar-refractivity contribution in [2.24, 2.45) is 0 Å². The molecule has 0 aromatic carbocycles. The molecule has 0 radical (unpaired) electrons. The second-order valence-electron chi connectivity index (χ2n) is 4.84. The molecule has 4 nitrogen and oxygen atoms in total. The number of nitrogens with two attached hydrogens (primary N) is 1. The number of nitrogens with zero attached hydrogens (tertiary/aromatic N) is 1. The number of nitrogen functional groups attached to an aromatic ring is 1. The molecule has 0 saturated carbocycles. The van der Waals surface area contributed by atoms with Crippen molar-refractivity contribution < 1.29 is 4.74 Å². The molecule has 1 aliphatic rings. The summed E-state index contributed by atoms with van der Waals surface area (Å²) in [4.78, 5) is 4.04. The first-order valence-corrected chi connectivity index (χ1v) is 8.08. The molecule has 2 heterocycles. The van der Waals surface area contributed by atoms with Crippen molar-refractivity contribution >= 4 is 17.6 Å². The maximum Gasteiger partial charge on any atom is 0.123 e. The van der Waals surface area contributed by atoms with Crippen LogP contribution in [0.5, 0.6) is 0 Å².